The highest BCUT2D eigenvalue weighted by atomic mass is 19.1. The van der Waals surface area contributed by atoms with Gasteiger partial charge in [-0.15, -0.1) is 0 Å². The molecule has 1 aliphatic rings. The summed E-state index contributed by atoms with van der Waals surface area (Å²) in [6.07, 6.45) is 7.31. The molecular formula is C36H39FN2O5. The topological polar surface area (TPSA) is 80.1 Å². The maximum atomic E-state index is 14.0. The Kier molecular flexibility index (Phi) is 10.6. The Labute approximate surface area is 257 Å². The van der Waals surface area contributed by atoms with Crippen LogP contribution in [-0.2, 0) is 29.0 Å². The van der Waals surface area contributed by atoms with Gasteiger partial charge in [-0.25, -0.2) is 4.39 Å². The molecule has 2 amide bonds. The third kappa shape index (κ3) is 7.99. The second-order valence-electron chi connectivity index (χ2n) is 11.4. The third-order valence-electron chi connectivity index (χ3n) is 8.08. The molecule has 1 atom stereocenters. The monoisotopic (exact) mass is 598 g/mol. The first-order valence-corrected chi connectivity index (χ1v) is 15.4. The molecule has 44 heavy (non-hydrogen) atoms. The van der Waals surface area contributed by atoms with Gasteiger partial charge in [-0.3, -0.25) is 14.4 Å². The number of benzene rings is 3. The van der Waals surface area contributed by atoms with Gasteiger partial charge in [0.2, 0.25) is 5.91 Å². The number of carbonyl (C=O) groups excluding carboxylic acids is 2. The van der Waals surface area contributed by atoms with Crippen LogP contribution in [0.2, 0.25) is 0 Å². The number of ether oxygens (including phenoxy) is 1. The Balaban J connectivity index is 1.39. The molecule has 8 heteroatoms. The lowest BCUT2D eigenvalue weighted by molar-refractivity contribution is -0.133. The van der Waals surface area contributed by atoms with Gasteiger partial charge in [-0.1, -0.05) is 56.2 Å². The van der Waals surface area contributed by atoms with Gasteiger partial charge in [0, 0.05) is 25.3 Å². The lowest BCUT2D eigenvalue weighted by Gasteiger charge is -2.29. The van der Waals surface area contributed by atoms with Crippen LogP contribution in [0.25, 0.3) is 11.0 Å². The van der Waals surface area contributed by atoms with Crippen molar-refractivity contribution in [1.29, 1.82) is 0 Å². The first kappa shape index (κ1) is 31.1. The zero-order valence-electron chi connectivity index (χ0n) is 25.2. The number of unbranched alkanes of at least 4 members (excludes halogenated alkanes) is 2. The van der Waals surface area contributed by atoms with Crippen molar-refractivity contribution in [3.8, 4) is 0 Å². The molecule has 4 aromatic rings. The highest BCUT2D eigenvalue weighted by Crippen LogP contribution is 2.19. The van der Waals surface area contributed by atoms with Crippen LogP contribution in [-0.4, -0.2) is 47.4 Å². The van der Waals surface area contributed by atoms with Crippen LogP contribution in [0.4, 0.5) is 4.39 Å². The van der Waals surface area contributed by atoms with Crippen molar-refractivity contribution < 1.29 is 23.1 Å². The normalized spacial score (nSPS) is 14.5. The maximum Gasteiger partial charge on any atom is 0.254 e. The van der Waals surface area contributed by atoms with Crippen molar-refractivity contribution in [3.63, 3.8) is 0 Å². The SMILES string of the molecule is CCCCCc1ccc(C(=O)N(CC(=O)N(Cc2ccc(F)cc2)Cc2coc3ccccc3c2=O)CC2CCCO2)cc1. The van der Waals surface area contributed by atoms with E-state index in [9.17, 15) is 18.8 Å². The van der Waals surface area contributed by atoms with Crippen LogP contribution in [0.5, 0.6) is 0 Å². The predicted octanol–water partition coefficient (Wildman–Crippen LogP) is 6.52. The van der Waals surface area contributed by atoms with E-state index in [1.165, 1.54) is 28.9 Å². The number of amides is 2. The van der Waals surface area contributed by atoms with Gasteiger partial charge in [0.15, 0.2) is 5.43 Å². The fourth-order valence-corrected chi connectivity index (χ4v) is 5.57. The van der Waals surface area contributed by atoms with E-state index in [2.05, 4.69) is 6.92 Å². The van der Waals surface area contributed by atoms with Gasteiger partial charge in [0.1, 0.15) is 17.9 Å². The Morgan fingerprint density at radius 3 is 2.39 bits per heavy atom. The van der Waals surface area contributed by atoms with Gasteiger partial charge in [0.25, 0.3) is 5.91 Å². The minimum absolute atomic E-state index is 0.0300. The van der Waals surface area contributed by atoms with E-state index in [-0.39, 0.29) is 55.3 Å². The van der Waals surface area contributed by atoms with Crippen LogP contribution in [0.15, 0.2) is 88.3 Å². The molecule has 3 aromatic carbocycles. The Bertz CT molecular complexity index is 1610. The van der Waals surface area contributed by atoms with Crippen molar-refractivity contribution in [2.24, 2.45) is 0 Å². The summed E-state index contributed by atoms with van der Waals surface area (Å²) in [5.41, 5.74) is 2.93. The van der Waals surface area contributed by atoms with Crippen LogP contribution in [0.1, 0.15) is 66.1 Å². The molecule has 230 valence electrons. The quantitative estimate of drug-likeness (QED) is 0.164. The smallest absolute Gasteiger partial charge is 0.254 e. The molecule has 0 aliphatic carbocycles. The van der Waals surface area contributed by atoms with Crippen molar-refractivity contribution >= 4 is 22.8 Å². The molecule has 2 heterocycles. The fraction of sp³-hybridized carbons (Fsp3) is 0.361. The number of para-hydroxylation sites is 1. The molecule has 0 spiro atoms. The summed E-state index contributed by atoms with van der Waals surface area (Å²) in [5.74, 6) is -0.975. The largest absolute Gasteiger partial charge is 0.464 e. The molecule has 1 aliphatic heterocycles. The molecular weight excluding hydrogens is 559 g/mol. The molecule has 1 unspecified atom stereocenters. The zero-order valence-corrected chi connectivity index (χ0v) is 25.2. The maximum absolute atomic E-state index is 14.0. The second kappa shape index (κ2) is 14.9. The lowest BCUT2D eigenvalue weighted by atomic mass is 10.0. The minimum Gasteiger partial charge on any atom is -0.464 e. The number of carbonyl (C=O) groups is 2. The van der Waals surface area contributed by atoms with Crippen LogP contribution < -0.4 is 5.43 Å². The van der Waals surface area contributed by atoms with Crippen molar-refractivity contribution in [3.05, 3.63) is 117 Å². The van der Waals surface area contributed by atoms with E-state index in [0.29, 0.717) is 34.3 Å². The van der Waals surface area contributed by atoms with Gasteiger partial charge >= 0.3 is 0 Å². The van der Waals surface area contributed by atoms with E-state index in [0.717, 1.165) is 38.5 Å². The molecule has 7 nitrogen and oxygen atoms in total. The van der Waals surface area contributed by atoms with Crippen molar-refractivity contribution in [1.82, 2.24) is 9.80 Å². The van der Waals surface area contributed by atoms with Crippen LogP contribution >= 0.6 is 0 Å². The van der Waals surface area contributed by atoms with Crippen LogP contribution in [0, 0.1) is 5.82 Å². The number of fused-ring (bicyclic) bond motifs is 1. The third-order valence-corrected chi connectivity index (χ3v) is 8.08. The van der Waals surface area contributed by atoms with Gasteiger partial charge in [0.05, 0.1) is 29.9 Å². The second-order valence-corrected chi connectivity index (χ2v) is 11.4. The molecule has 0 N–H and O–H groups in total. The van der Waals surface area contributed by atoms with Gasteiger partial charge in [-0.05, 0) is 73.2 Å². The standard InChI is InChI=1S/C36H39FN2O5/c1-2-3-4-8-26-12-16-28(17-13-26)36(42)39(23-31-9-7-20-43-31)24-34(40)38(21-27-14-18-30(37)19-15-27)22-29-25-44-33-11-6-5-10-32(33)35(29)41/h5-6,10-19,25,31H,2-4,7-9,20-24H2,1H3. The summed E-state index contributed by atoms with van der Waals surface area (Å²) in [6, 6.07) is 20.5. The molecule has 0 bridgehead atoms. The molecule has 5 rings (SSSR count). The summed E-state index contributed by atoms with van der Waals surface area (Å²) >= 11 is 0. The lowest BCUT2D eigenvalue weighted by Crippen LogP contribution is -2.45. The highest BCUT2D eigenvalue weighted by Gasteiger charge is 2.28. The van der Waals surface area contributed by atoms with E-state index in [4.69, 9.17) is 9.15 Å². The number of rotatable bonds is 13. The number of aryl methyl sites for hydroxylation is 1. The Morgan fingerprint density at radius 1 is 0.909 bits per heavy atom. The van der Waals surface area contributed by atoms with Crippen molar-refractivity contribution in [2.75, 3.05) is 19.7 Å². The summed E-state index contributed by atoms with van der Waals surface area (Å²) in [5, 5.41) is 0.424. The first-order chi connectivity index (χ1) is 21.4. The average molecular weight is 599 g/mol. The Morgan fingerprint density at radius 2 is 1.66 bits per heavy atom. The fourth-order valence-electron chi connectivity index (χ4n) is 5.57. The number of nitrogens with zero attached hydrogens (tertiary/aromatic N) is 2. The van der Waals surface area contributed by atoms with E-state index in [1.54, 1.807) is 41.3 Å². The van der Waals surface area contributed by atoms with Crippen LogP contribution in [0.3, 0.4) is 0 Å². The molecule has 1 aromatic heterocycles. The molecule has 0 radical (unpaired) electrons. The minimum atomic E-state index is -0.383. The summed E-state index contributed by atoms with van der Waals surface area (Å²) in [7, 11) is 0. The first-order valence-electron chi connectivity index (χ1n) is 15.4. The number of hydrogen-bond acceptors (Lipinski definition) is 5. The summed E-state index contributed by atoms with van der Waals surface area (Å²) in [4.78, 5) is 44.2. The zero-order chi connectivity index (χ0) is 30.9. The predicted molar refractivity (Wildman–Crippen MR) is 168 cm³/mol. The number of halogens is 1. The van der Waals surface area contributed by atoms with Gasteiger partial charge < -0.3 is 19.0 Å². The molecule has 1 fully saturated rings. The summed E-state index contributed by atoms with van der Waals surface area (Å²) < 4.78 is 25.2. The number of hydrogen-bond donors (Lipinski definition) is 0. The average Bonchev–Trinajstić information content (AvgIpc) is 3.56. The van der Waals surface area contributed by atoms with E-state index < -0.39 is 0 Å². The molecule has 1 saturated heterocycles. The van der Waals surface area contributed by atoms with Gasteiger partial charge in [-0.2, -0.15) is 0 Å². The highest BCUT2D eigenvalue weighted by molar-refractivity contribution is 5.96. The Hall–Kier alpha value is -4.30. The van der Waals surface area contributed by atoms with E-state index in [1.807, 2.05) is 24.3 Å². The van der Waals surface area contributed by atoms with E-state index >= 15 is 0 Å². The molecule has 0 saturated carbocycles. The summed E-state index contributed by atoms with van der Waals surface area (Å²) in [6.45, 7) is 2.98. The van der Waals surface area contributed by atoms with Crippen molar-refractivity contribution in [2.45, 2.75) is 64.6 Å².